The molecule has 19 heavy (non-hydrogen) atoms. The molecule has 3 nitrogen and oxygen atoms in total. The highest BCUT2D eigenvalue weighted by Crippen LogP contribution is 2.24. The van der Waals surface area contributed by atoms with Crippen LogP contribution in [-0.4, -0.2) is 9.97 Å². The second-order valence-corrected chi connectivity index (χ2v) is 6.76. The van der Waals surface area contributed by atoms with Crippen LogP contribution < -0.4 is 5.32 Å². The average molecular weight is 275 g/mol. The summed E-state index contributed by atoms with van der Waals surface area (Å²) < 4.78 is 0. The molecule has 1 atom stereocenters. The summed E-state index contributed by atoms with van der Waals surface area (Å²) in [6.45, 7) is 10.7. The molecule has 0 radical (unpaired) electrons. The second kappa shape index (κ2) is 5.29. The van der Waals surface area contributed by atoms with Gasteiger partial charge in [0.25, 0.3) is 0 Å². The highest BCUT2D eigenvalue weighted by atomic mass is 32.1. The van der Waals surface area contributed by atoms with E-state index in [1.54, 1.807) is 11.3 Å². The third-order valence-electron chi connectivity index (χ3n) is 3.00. The van der Waals surface area contributed by atoms with E-state index >= 15 is 0 Å². The van der Waals surface area contributed by atoms with Gasteiger partial charge in [0.2, 0.25) is 0 Å². The van der Waals surface area contributed by atoms with Gasteiger partial charge in [-0.1, -0.05) is 26.8 Å². The van der Waals surface area contributed by atoms with E-state index in [-0.39, 0.29) is 11.5 Å². The molecular weight excluding hydrogens is 254 g/mol. The highest BCUT2D eigenvalue weighted by Gasteiger charge is 2.14. The zero-order valence-corrected chi connectivity index (χ0v) is 13.0. The Labute approximate surface area is 119 Å². The van der Waals surface area contributed by atoms with E-state index in [9.17, 15) is 0 Å². The van der Waals surface area contributed by atoms with Gasteiger partial charge in [0, 0.05) is 17.3 Å². The van der Waals surface area contributed by atoms with Crippen LogP contribution in [0.1, 0.15) is 50.0 Å². The number of aryl methyl sites for hydroxylation is 1. The smallest absolute Gasteiger partial charge is 0.126 e. The van der Waals surface area contributed by atoms with Crippen LogP contribution in [0.5, 0.6) is 0 Å². The van der Waals surface area contributed by atoms with Gasteiger partial charge in [-0.2, -0.15) is 0 Å². The monoisotopic (exact) mass is 275 g/mol. The molecule has 102 valence electrons. The van der Waals surface area contributed by atoms with E-state index in [0.717, 1.165) is 16.5 Å². The molecule has 0 aromatic carbocycles. The Hall–Kier alpha value is -1.42. The van der Waals surface area contributed by atoms with Crippen LogP contribution in [0.4, 0.5) is 5.82 Å². The SMILES string of the molecule is Cc1csc(C(C)Nc2ccc(C(C)(C)C)cn2)n1. The Bertz CT molecular complexity index is 537. The first-order valence-corrected chi connectivity index (χ1v) is 7.39. The number of thiazole rings is 1. The van der Waals surface area contributed by atoms with Crippen LogP contribution in [0.15, 0.2) is 23.7 Å². The fraction of sp³-hybridized carbons (Fsp3) is 0.467. The first-order valence-electron chi connectivity index (χ1n) is 6.51. The quantitative estimate of drug-likeness (QED) is 0.906. The van der Waals surface area contributed by atoms with Crippen LogP contribution in [-0.2, 0) is 5.41 Å². The molecule has 2 rings (SSSR count). The Morgan fingerprint density at radius 1 is 1.26 bits per heavy atom. The average Bonchev–Trinajstić information content (AvgIpc) is 2.75. The molecule has 0 amide bonds. The molecule has 1 unspecified atom stereocenters. The summed E-state index contributed by atoms with van der Waals surface area (Å²) in [6.07, 6.45) is 1.95. The number of nitrogens with one attached hydrogen (secondary N) is 1. The van der Waals surface area contributed by atoms with Crippen molar-refractivity contribution < 1.29 is 0 Å². The Kier molecular flexibility index (Phi) is 3.90. The predicted molar refractivity (Wildman–Crippen MR) is 81.8 cm³/mol. The maximum Gasteiger partial charge on any atom is 0.126 e. The minimum absolute atomic E-state index is 0.142. The summed E-state index contributed by atoms with van der Waals surface area (Å²) in [6, 6.07) is 4.36. The summed E-state index contributed by atoms with van der Waals surface area (Å²) in [5.74, 6) is 0.897. The van der Waals surface area contributed by atoms with Gasteiger partial charge in [0.05, 0.1) is 6.04 Å². The van der Waals surface area contributed by atoms with Crippen LogP contribution >= 0.6 is 11.3 Å². The van der Waals surface area contributed by atoms with Gasteiger partial charge in [-0.15, -0.1) is 11.3 Å². The van der Waals surface area contributed by atoms with Crippen molar-refractivity contribution in [2.75, 3.05) is 5.32 Å². The predicted octanol–water partition coefficient (Wildman–Crippen LogP) is 4.32. The molecule has 4 heteroatoms. The largest absolute Gasteiger partial charge is 0.361 e. The van der Waals surface area contributed by atoms with Gasteiger partial charge in [-0.25, -0.2) is 9.97 Å². The molecule has 0 saturated heterocycles. The van der Waals surface area contributed by atoms with E-state index in [2.05, 4.69) is 54.4 Å². The van der Waals surface area contributed by atoms with Crippen molar-refractivity contribution in [3.05, 3.63) is 40.0 Å². The van der Waals surface area contributed by atoms with Gasteiger partial charge in [-0.05, 0) is 30.9 Å². The van der Waals surface area contributed by atoms with E-state index < -0.39 is 0 Å². The standard InChI is InChI=1S/C15H21N3S/c1-10-9-19-14(17-10)11(2)18-13-7-6-12(8-16-13)15(3,4)5/h6-9,11H,1-5H3,(H,16,18). The fourth-order valence-electron chi connectivity index (χ4n) is 1.78. The van der Waals surface area contributed by atoms with E-state index in [0.29, 0.717) is 0 Å². The van der Waals surface area contributed by atoms with Crippen LogP contribution in [0.2, 0.25) is 0 Å². The number of aromatic nitrogens is 2. The maximum absolute atomic E-state index is 4.49. The minimum atomic E-state index is 0.142. The lowest BCUT2D eigenvalue weighted by atomic mass is 9.88. The highest BCUT2D eigenvalue weighted by molar-refractivity contribution is 7.09. The zero-order valence-electron chi connectivity index (χ0n) is 12.2. The topological polar surface area (TPSA) is 37.8 Å². The molecule has 0 spiro atoms. The van der Waals surface area contributed by atoms with Crippen molar-refractivity contribution in [2.45, 2.75) is 46.1 Å². The number of hydrogen-bond donors (Lipinski definition) is 1. The molecule has 1 N–H and O–H groups in total. The summed E-state index contributed by atoms with van der Waals surface area (Å²) in [7, 11) is 0. The molecule has 2 heterocycles. The van der Waals surface area contributed by atoms with Crippen molar-refractivity contribution in [1.29, 1.82) is 0 Å². The minimum Gasteiger partial charge on any atom is -0.361 e. The van der Waals surface area contributed by atoms with Gasteiger partial charge < -0.3 is 5.32 Å². The molecule has 0 aliphatic carbocycles. The Morgan fingerprint density at radius 2 is 2.00 bits per heavy atom. The first-order chi connectivity index (χ1) is 8.86. The van der Waals surface area contributed by atoms with Crippen molar-refractivity contribution in [2.24, 2.45) is 0 Å². The summed E-state index contributed by atoms with van der Waals surface area (Å²) in [5, 5.41) is 6.56. The Morgan fingerprint density at radius 3 is 2.47 bits per heavy atom. The van der Waals surface area contributed by atoms with Crippen LogP contribution in [0, 0.1) is 6.92 Å². The number of nitrogens with zero attached hydrogens (tertiary/aromatic N) is 2. The van der Waals surface area contributed by atoms with Gasteiger partial charge in [0.15, 0.2) is 0 Å². The maximum atomic E-state index is 4.49. The molecule has 0 aliphatic heterocycles. The molecule has 2 aromatic rings. The summed E-state index contributed by atoms with van der Waals surface area (Å²) in [4.78, 5) is 8.97. The number of hydrogen-bond acceptors (Lipinski definition) is 4. The third-order valence-corrected chi connectivity index (χ3v) is 4.15. The lowest BCUT2D eigenvalue weighted by molar-refractivity contribution is 0.587. The lowest BCUT2D eigenvalue weighted by Crippen LogP contribution is -2.12. The molecule has 0 aliphatic rings. The Balaban J connectivity index is 2.07. The lowest BCUT2D eigenvalue weighted by Gasteiger charge is -2.19. The van der Waals surface area contributed by atoms with Crippen LogP contribution in [0.3, 0.4) is 0 Å². The van der Waals surface area contributed by atoms with E-state index in [1.165, 1.54) is 5.56 Å². The molecule has 0 saturated carbocycles. The van der Waals surface area contributed by atoms with Crippen molar-refractivity contribution in [3.8, 4) is 0 Å². The van der Waals surface area contributed by atoms with Crippen LogP contribution in [0.25, 0.3) is 0 Å². The first kappa shape index (κ1) is 14.0. The summed E-state index contributed by atoms with van der Waals surface area (Å²) >= 11 is 1.68. The van der Waals surface area contributed by atoms with Crippen molar-refractivity contribution >= 4 is 17.2 Å². The second-order valence-electron chi connectivity index (χ2n) is 5.88. The third kappa shape index (κ3) is 3.53. The van der Waals surface area contributed by atoms with Gasteiger partial charge in [0.1, 0.15) is 10.8 Å². The molecular formula is C15H21N3S. The van der Waals surface area contributed by atoms with Crippen molar-refractivity contribution in [3.63, 3.8) is 0 Å². The number of anilines is 1. The molecule has 2 aromatic heterocycles. The molecule has 0 bridgehead atoms. The van der Waals surface area contributed by atoms with E-state index in [4.69, 9.17) is 0 Å². The summed E-state index contributed by atoms with van der Waals surface area (Å²) in [5.41, 5.74) is 2.46. The van der Waals surface area contributed by atoms with E-state index in [1.807, 2.05) is 19.2 Å². The molecule has 0 fully saturated rings. The van der Waals surface area contributed by atoms with Gasteiger partial charge in [-0.3, -0.25) is 0 Å². The number of rotatable bonds is 3. The van der Waals surface area contributed by atoms with Gasteiger partial charge >= 0.3 is 0 Å². The zero-order chi connectivity index (χ0) is 14.0. The normalized spacial score (nSPS) is 13.3. The number of pyridine rings is 1. The van der Waals surface area contributed by atoms with Crippen molar-refractivity contribution in [1.82, 2.24) is 9.97 Å². The fourth-order valence-corrected chi connectivity index (χ4v) is 2.58.